The van der Waals surface area contributed by atoms with Gasteiger partial charge in [-0.05, 0) is 32.1 Å². The van der Waals surface area contributed by atoms with Crippen molar-refractivity contribution in [1.82, 2.24) is 0 Å². The predicted octanol–water partition coefficient (Wildman–Crippen LogP) is 1.90. The van der Waals surface area contributed by atoms with Crippen LogP contribution >= 0.6 is 0 Å². The van der Waals surface area contributed by atoms with Crippen LogP contribution in [-0.2, 0) is 28.5 Å². The molecular formula is C18H34O8. The summed E-state index contributed by atoms with van der Waals surface area (Å²) < 4.78 is 21.6. The van der Waals surface area contributed by atoms with Crippen molar-refractivity contribution in [2.24, 2.45) is 0 Å². The lowest BCUT2D eigenvalue weighted by Gasteiger charge is -2.32. The summed E-state index contributed by atoms with van der Waals surface area (Å²) in [7, 11) is 0. The van der Waals surface area contributed by atoms with E-state index in [0.29, 0.717) is 38.9 Å². The highest BCUT2D eigenvalue weighted by Crippen LogP contribution is 2.25. The van der Waals surface area contributed by atoms with Gasteiger partial charge in [0.2, 0.25) is 0 Å². The Labute approximate surface area is 155 Å². The average molecular weight is 378 g/mol. The van der Waals surface area contributed by atoms with E-state index < -0.39 is 31.1 Å². The highest BCUT2D eigenvalue weighted by molar-refractivity contribution is 5.70. The number of carbonyl (C=O) groups excluding carboxylic acids is 2. The number of unbranched alkanes of at least 4 members (excludes halogenated alkanes) is 4. The molecule has 2 N–H and O–H groups in total. The molecule has 0 aliphatic carbocycles. The summed E-state index contributed by atoms with van der Waals surface area (Å²) in [4.78, 5) is 22.5. The Hall–Kier alpha value is -1.22. The normalized spacial score (nSPS) is 11.4. The van der Waals surface area contributed by atoms with Crippen LogP contribution in [0, 0.1) is 0 Å². The first-order chi connectivity index (χ1) is 12.5. The van der Waals surface area contributed by atoms with Gasteiger partial charge in [-0.15, -0.1) is 0 Å². The molecule has 0 aliphatic heterocycles. The summed E-state index contributed by atoms with van der Waals surface area (Å²) in [6.45, 7) is 3.66. The van der Waals surface area contributed by atoms with Crippen molar-refractivity contribution in [2.45, 2.75) is 71.2 Å². The van der Waals surface area contributed by atoms with Crippen molar-refractivity contribution in [3.63, 3.8) is 0 Å². The summed E-state index contributed by atoms with van der Waals surface area (Å²) in [5, 5.41) is 17.6. The van der Waals surface area contributed by atoms with E-state index in [1.165, 1.54) is 0 Å². The Morgan fingerprint density at radius 1 is 0.769 bits per heavy atom. The second kappa shape index (κ2) is 16.0. The third-order valence-electron chi connectivity index (χ3n) is 3.56. The van der Waals surface area contributed by atoms with E-state index >= 15 is 0 Å². The van der Waals surface area contributed by atoms with Crippen LogP contribution in [0.3, 0.4) is 0 Å². The quantitative estimate of drug-likeness (QED) is 0.224. The summed E-state index contributed by atoms with van der Waals surface area (Å²) in [6.07, 6.45) is 5.70. The first-order valence-corrected chi connectivity index (χ1v) is 9.40. The fraction of sp³-hybridized carbons (Fsp3) is 0.889. The highest BCUT2D eigenvalue weighted by atomic mass is 16.9. The smallest absolute Gasteiger partial charge is 0.336 e. The van der Waals surface area contributed by atoms with E-state index in [-0.39, 0.29) is 6.61 Å². The van der Waals surface area contributed by atoms with Gasteiger partial charge >= 0.3 is 17.9 Å². The van der Waals surface area contributed by atoms with Crippen LogP contribution in [0.2, 0.25) is 0 Å². The summed E-state index contributed by atoms with van der Waals surface area (Å²) in [6, 6.07) is 0. The second-order valence-electron chi connectivity index (χ2n) is 5.91. The Kier molecular flexibility index (Phi) is 15.2. The molecule has 154 valence electrons. The third-order valence-corrected chi connectivity index (χ3v) is 3.56. The molecule has 26 heavy (non-hydrogen) atoms. The molecule has 0 atom stereocenters. The molecule has 0 fully saturated rings. The largest absolute Gasteiger partial charge is 0.464 e. The summed E-state index contributed by atoms with van der Waals surface area (Å²) in [5.74, 6) is -2.94. The number of rotatable bonds is 17. The van der Waals surface area contributed by atoms with Gasteiger partial charge in [-0.3, -0.25) is 0 Å². The molecule has 0 saturated carbocycles. The molecule has 0 aliphatic rings. The van der Waals surface area contributed by atoms with Gasteiger partial charge in [0.1, 0.15) is 13.2 Å². The van der Waals surface area contributed by atoms with Gasteiger partial charge in [-0.25, -0.2) is 9.59 Å². The van der Waals surface area contributed by atoms with Gasteiger partial charge in [-0.1, -0.05) is 26.7 Å². The molecule has 0 radical (unpaired) electrons. The summed E-state index contributed by atoms with van der Waals surface area (Å²) >= 11 is 0. The zero-order valence-corrected chi connectivity index (χ0v) is 16.0. The number of hydrogen-bond acceptors (Lipinski definition) is 8. The van der Waals surface area contributed by atoms with Gasteiger partial charge in [0.25, 0.3) is 0 Å². The number of carbonyl (C=O) groups is 2. The molecule has 0 saturated heterocycles. The molecule has 0 bridgehead atoms. The van der Waals surface area contributed by atoms with Gasteiger partial charge < -0.3 is 29.2 Å². The van der Waals surface area contributed by atoms with E-state index in [0.717, 1.165) is 25.7 Å². The molecule has 0 spiro atoms. The van der Waals surface area contributed by atoms with Gasteiger partial charge in [0.15, 0.2) is 0 Å². The van der Waals surface area contributed by atoms with Crippen molar-refractivity contribution in [2.75, 3.05) is 33.0 Å². The van der Waals surface area contributed by atoms with E-state index in [4.69, 9.17) is 29.2 Å². The Morgan fingerprint density at radius 3 is 1.85 bits per heavy atom. The molecule has 0 aromatic rings. The minimum absolute atomic E-state index is 0.218. The lowest BCUT2D eigenvalue weighted by atomic mass is 10.1. The Bertz CT molecular complexity index is 362. The monoisotopic (exact) mass is 378 g/mol. The van der Waals surface area contributed by atoms with Crippen LogP contribution in [0.15, 0.2) is 0 Å². The van der Waals surface area contributed by atoms with E-state index in [2.05, 4.69) is 0 Å². The first kappa shape index (κ1) is 24.8. The molecule has 0 heterocycles. The molecule has 8 nitrogen and oxygen atoms in total. The van der Waals surface area contributed by atoms with E-state index in [1.807, 2.05) is 13.8 Å². The Balaban J connectivity index is 4.61. The molecule has 0 aromatic heterocycles. The van der Waals surface area contributed by atoms with E-state index in [9.17, 15) is 9.59 Å². The van der Waals surface area contributed by atoms with Crippen LogP contribution < -0.4 is 0 Å². The van der Waals surface area contributed by atoms with Crippen molar-refractivity contribution in [3.05, 3.63) is 0 Å². The molecular weight excluding hydrogens is 344 g/mol. The molecule has 8 heteroatoms. The van der Waals surface area contributed by atoms with Crippen LogP contribution in [-0.4, -0.2) is 61.2 Å². The van der Waals surface area contributed by atoms with Gasteiger partial charge in [0, 0.05) is 6.42 Å². The van der Waals surface area contributed by atoms with Crippen molar-refractivity contribution >= 4 is 11.9 Å². The minimum Gasteiger partial charge on any atom is -0.464 e. The second-order valence-corrected chi connectivity index (χ2v) is 5.91. The first-order valence-electron chi connectivity index (χ1n) is 9.40. The van der Waals surface area contributed by atoms with Crippen LogP contribution in [0.4, 0.5) is 0 Å². The number of ether oxygens (including phenoxy) is 4. The van der Waals surface area contributed by atoms with E-state index in [1.54, 1.807) is 0 Å². The molecule has 0 unspecified atom stereocenters. The van der Waals surface area contributed by atoms with Gasteiger partial charge in [-0.2, -0.15) is 0 Å². The maximum atomic E-state index is 11.6. The fourth-order valence-electron chi connectivity index (χ4n) is 2.10. The number of esters is 2. The number of aliphatic hydroxyl groups is 2. The summed E-state index contributed by atoms with van der Waals surface area (Å²) in [5.41, 5.74) is 0. The standard InChI is InChI=1S/C18H34O8/c1-3-5-12-24-18(25-13-6-4-2,26-17(22)15-20)10-8-7-9-11-23-16(21)14-19/h19-20H,3-15H2,1-2H3. The van der Waals surface area contributed by atoms with Crippen molar-refractivity contribution < 1.29 is 38.7 Å². The molecule has 0 rings (SSSR count). The minimum atomic E-state index is -1.49. The van der Waals surface area contributed by atoms with Crippen molar-refractivity contribution in [1.29, 1.82) is 0 Å². The van der Waals surface area contributed by atoms with Crippen LogP contribution in [0.1, 0.15) is 65.2 Å². The predicted molar refractivity (Wildman–Crippen MR) is 94.1 cm³/mol. The lowest BCUT2D eigenvalue weighted by molar-refractivity contribution is -0.367. The Morgan fingerprint density at radius 2 is 1.35 bits per heavy atom. The number of hydrogen-bond donors (Lipinski definition) is 2. The maximum absolute atomic E-state index is 11.6. The third kappa shape index (κ3) is 12.2. The highest BCUT2D eigenvalue weighted by Gasteiger charge is 2.36. The van der Waals surface area contributed by atoms with Crippen LogP contribution in [0.25, 0.3) is 0 Å². The topological polar surface area (TPSA) is 112 Å². The lowest BCUT2D eigenvalue weighted by Crippen LogP contribution is -2.42. The molecule has 0 amide bonds. The van der Waals surface area contributed by atoms with Crippen molar-refractivity contribution in [3.8, 4) is 0 Å². The molecule has 0 aromatic carbocycles. The average Bonchev–Trinajstić information content (AvgIpc) is 2.64. The zero-order valence-electron chi connectivity index (χ0n) is 16.0. The fourth-order valence-corrected chi connectivity index (χ4v) is 2.10. The van der Waals surface area contributed by atoms with Crippen LogP contribution in [0.5, 0.6) is 0 Å². The maximum Gasteiger partial charge on any atom is 0.336 e. The SMILES string of the molecule is CCCCOC(CCCCCOC(=O)CO)(OCCCC)OC(=O)CO. The number of aliphatic hydroxyl groups excluding tert-OH is 2. The zero-order chi connectivity index (χ0) is 19.7. The van der Waals surface area contributed by atoms with Gasteiger partial charge in [0.05, 0.1) is 19.8 Å².